The number of benzene rings is 2. The molecule has 0 unspecified atom stereocenters. The Balaban J connectivity index is 2.04. The van der Waals surface area contributed by atoms with Crippen LogP contribution in [-0.2, 0) is 6.61 Å². The molecule has 1 N–H and O–H groups in total. The van der Waals surface area contributed by atoms with Crippen molar-refractivity contribution in [2.45, 2.75) is 26.1 Å². The van der Waals surface area contributed by atoms with Crippen LogP contribution < -0.4 is 9.47 Å². The molecule has 0 fully saturated rings. The number of methoxy groups -OCH3 is 1. The Morgan fingerprint density at radius 3 is 2.18 bits per heavy atom. The third-order valence-electron chi connectivity index (χ3n) is 3.32. The fraction of sp³-hybridized carbons (Fsp3) is 0.294. The molecule has 2 aromatic carbocycles. The molecule has 2 aromatic rings. The lowest BCUT2D eigenvalue weighted by Gasteiger charge is -2.11. The van der Waals surface area contributed by atoms with Crippen LogP contribution in [0.5, 0.6) is 11.5 Å². The molecule has 2 rings (SSSR count). The van der Waals surface area contributed by atoms with Gasteiger partial charge in [-0.1, -0.05) is 19.1 Å². The summed E-state index contributed by atoms with van der Waals surface area (Å²) in [5, 5.41) is 9.70. The van der Waals surface area contributed by atoms with E-state index in [1.165, 1.54) is 19.2 Å². The minimum atomic E-state index is -0.762. The molecule has 0 spiro atoms. The Bertz CT molecular complexity index is 603. The van der Waals surface area contributed by atoms with Crippen molar-refractivity contribution >= 4 is 0 Å². The maximum absolute atomic E-state index is 13.6. The Morgan fingerprint density at radius 2 is 1.68 bits per heavy atom. The largest absolute Gasteiger partial charge is 0.491 e. The smallest absolute Gasteiger partial charge is 0.190 e. The van der Waals surface area contributed by atoms with E-state index in [1.807, 2.05) is 6.92 Å². The van der Waals surface area contributed by atoms with E-state index < -0.39 is 23.5 Å². The van der Waals surface area contributed by atoms with Gasteiger partial charge in [0, 0.05) is 0 Å². The van der Waals surface area contributed by atoms with Crippen LogP contribution in [0.15, 0.2) is 36.4 Å². The zero-order valence-electron chi connectivity index (χ0n) is 12.5. The van der Waals surface area contributed by atoms with Crippen molar-refractivity contribution in [1.82, 2.24) is 0 Å². The molecule has 0 radical (unpaired) electrons. The summed E-state index contributed by atoms with van der Waals surface area (Å²) in [5.74, 6) is -1.37. The minimum absolute atomic E-state index is 0.0352. The van der Waals surface area contributed by atoms with Gasteiger partial charge in [-0.25, -0.2) is 8.78 Å². The van der Waals surface area contributed by atoms with Gasteiger partial charge in [-0.3, -0.25) is 0 Å². The first kappa shape index (κ1) is 16.2. The first-order valence-corrected chi connectivity index (χ1v) is 6.97. The summed E-state index contributed by atoms with van der Waals surface area (Å²) in [6.07, 6.45) is 0.128. The van der Waals surface area contributed by atoms with Gasteiger partial charge in [0.2, 0.25) is 0 Å². The van der Waals surface area contributed by atoms with Crippen molar-refractivity contribution in [2.24, 2.45) is 0 Å². The van der Waals surface area contributed by atoms with E-state index in [0.29, 0.717) is 17.7 Å². The molecule has 22 heavy (non-hydrogen) atoms. The number of hydrogen-bond acceptors (Lipinski definition) is 3. The van der Waals surface area contributed by atoms with Gasteiger partial charge in [-0.2, -0.15) is 0 Å². The zero-order chi connectivity index (χ0) is 16.1. The van der Waals surface area contributed by atoms with Gasteiger partial charge in [0.15, 0.2) is 17.4 Å². The molecule has 3 nitrogen and oxygen atoms in total. The van der Waals surface area contributed by atoms with Crippen LogP contribution in [0, 0.1) is 11.6 Å². The zero-order valence-corrected chi connectivity index (χ0v) is 12.5. The van der Waals surface area contributed by atoms with Crippen molar-refractivity contribution in [1.29, 1.82) is 0 Å². The van der Waals surface area contributed by atoms with E-state index in [-0.39, 0.29) is 6.61 Å². The van der Waals surface area contributed by atoms with Gasteiger partial charge < -0.3 is 14.6 Å². The molecule has 118 valence electrons. The molecule has 5 heteroatoms. The summed E-state index contributed by atoms with van der Waals surface area (Å²) in [7, 11) is 1.21. The molecule has 0 aromatic heterocycles. The summed E-state index contributed by atoms with van der Waals surface area (Å²) >= 11 is 0. The highest BCUT2D eigenvalue weighted by Gasteiger charge is 2.12. The molecular weight excluding hydrogens is 290 g/mol. The SMILES string of the molecule is CC[C@@H](O)c1ccc(OCc2cc(F)c(OC)c(F)c2)cc1. The van der Waals surface area contributed by atoms with E-state index in [1.54, 1.807) is 24.3 Å². The summed E-state index contributed by atoms with van der Waals surface area (Å²) in [5.41, 5.74) is 1.17. The average Bonchev–Trinajstić information content (AvgIpc) is 2.52. The molecule has 0 bridgehead atoms. The third kappa shape index (κ3) is 3.74. The topological polar surface area (TPSA) is 38.7 Å². The standard InChI is InChI=1S/C17H18F2O3/c1-3-16(20)12-4-6-13(7-5-12)22-10-11-8-14(18)17(21-2)15(19)9-11/h4-9,16,20H,3,10H2,1-2H3/t16-/m1/s1. The second kappa shape index (κ2) is 7.22. The van der Waals surface area contributed by atoms with Crippen LogP contribution in [0.3, 0.4) is 0 Å². The molecular formula is C17H18F2O3. The van der Waals surface area contributed by atoms with E-state index in [9.17, 15) is 13.9 Å². The summed E-state index contributed by atoms with van der Waals surface area (Å²) in [4.78, 5) is 0. The molecule has 0 aliphatic carbocycles. The number of ether oxygens (including phenoxy) is 2. The third-order valence-corrected chi connectivity index (χ3v) is 3.32. The van der Waals surface area contributed by atoms with Crippen molar-refractivity contribution in [3.8, 4) is 11.5 Å². The lowest BCUT2D eigenvalue weighted by Crippen LogP contribution is -2.00. The molecule has 0 heterocycles. The molecule has 1 atom stereocenters. The first-order chi connectivity index (χ1) is 10.5. The highest BCUT2D eigenvalue weighted by molar-refractivity contribution is 5.32. The number of aliphatic hydroxyl groups excluding tert-OH is 1. The van der Waals surface area contributed by atoms with E-state index in [2.05, 4.69) is 4.74 Å². The van der Waals surface area contributed by atoms with E-state index in [0.717, 1.165) is 5.56 Å². The number of hydrogen-bond donors (Lipinski definition) is 1. The molecule has 0 aliphatic rings. The lowest BCUT2D eigenvalue weighted by molar-refractivity contribution is 0.173. The molecule has 0 saturated heterocycles. The Morgan fingerprint density at radius 1 is 1.09 bits per heavy atom. The Kier molecular flexibility index (Phi) is 5.33. The maximum Gasteiger partial charge on any atom is 0.190 e. The van der Waals surface area contributed by atoms with Crippen molar-refractivity contribution in [3.63, 3.8) is 0 Å². The van der Waals surface area contributed by atoms with E-state index >= 15 is 0 Å². The number of halogens is 2. The van der Waals surface area contributed by atoms with Crippen molar-refractivity contribution in [2.75, 3.05) is 7.11 Å². The maximum atomic E-state index is 13.6. The molecule has 0 amide bonds. The Labute approximate surface area is 128 Å². The van der Waals surface area contributed by atoms with Crippen LogP contribution in [0.25, 0.3) is 0 Å². The summed E-state index contributed by atoms with van der Waals surface area (Å²) < 4.78 is 37.3. The van der Waals surface area contributed by atoms with Gasteiger partial charge in [-0.05, 0) is 41.8 Å². The monoisotopic (exact) mass is 308 g/mol. The fourth-order valence-electron chi connectivity index (χ4n) is 2.08. The predicted octanol–water partition coefficient (Wildman–Crippen LogP) is 4.00. The summed E-state index contributed by atoms with van der Waals surface area (Å²) in [6, 6.07) is 9.31. The summed E-state index contributed by atoms with van der Waals surface area (Å²) in [6.45, 7) is 1.93. The fourth-order valence-corrected chi connectivity index (χ4v) is 2.08. The minimum Gasteiger partial charge on any atom is -0.491 e. The van der Waals surface area contributed by atoms with Crippen LogP contribution in [-0.4, -0.2) is 12.2 Å². The lowest BCUT2D eigenvalue weighted by atomic mass is 10.1. The van der Waals surface area contributed by atoms with Gasteiger partial charge in [0.05, 0.1) is 13.2 Å². The second-order valence-electron chi connectivity index (χ2n) is 4.87. The van der Waals surface area contributed by atoms with Gasteiger partial charge in [0.25, 0.3) is 0 Å². The molecule has 0 saturated carbocycles. The average molecular weight is 308 g/mol. The normalized spacial score (nSPS) is 12.0. The van der Waals surface area contributed by atoms with E-state index in [4.69, 9.17) is 4.74 Å². The highest BCUT2D eigenvalue weighted by Crippen LogP contribution is 2.24. The first-order valence-electron chi connectivity index (χ1n) is 6.97. The van der Waals surface area contributed by atoms with Gasteiger partial charge in [0.1, 0.15) is 12.4 Å². The van der Waals surface area contributed by atoms with Crippen LogP contribution in [0.1, 0.15) is 30.6 Å². The quantitative estimate of drug-likeness (QED) is 0.877. The predicted molar refractivity (Wildman–Crippen MR) is 78.9 cm³/mol. The van der Waals surface area contributed by atoms with Gasteiger partial charge in [-0.15, -0.1) is 0 Å². The number of rotatable bonds is 6. The van der Waals surface area contributed by atoms with Crippen LogP contribution in [0.2, 0.25) is 0 Å². The van der Waals surface area contributed by atoms with Crippen molar-refractivity contribution < 1.29 is 23.4 Å². The molecule has 0 aliphatic heterocycles. The van der Waals surface area contributed by atoms with Crippen LogP contribution in [0.4, 0.5) is 8.78 Å². The van der Waals surface area contributed by atoms with Crippen molar-refractivity contribution in [3.05, 3.63) is 59.2 Å². The van der Waals surface area contributed by atoms with Crippen LogP contribution >= 0.6 is 0 Å². The Hall–Kier alpha value is -2.14. The second-order valence-corrected chi connectivity index (χ2v) is 4.87. The number of aliphatic hydroxyl groups is 1. The van der Waals surface area contributed by atoms with Gasteiger partial charge >= 0.3 is 0 Å². The highest BCUT2D eigenvalue weighted by atomic mass is 19.1.